The Bertz CT molecular complexity index is 705. The summed E-state index contributed by atoms with van der Waals surface area (Å²) in [7, 11) is 0. The van der Waals surface area contributed by atoms with Crippen molar-refractivity contribution >= 4 is 23.2 Å². The van der Waals surface area contributed by atoms with Gasteiger partial charge in [0.15, 0.2) is 0 Å². The van der Waals surface area contributed by atoms with Crippen molar-refractivity contribution < 1.29 is 0 Å². The molecular weight excluding hydrogens is 279 g/mol. The average molecular weight is 289 g/mol. The maximum Gasteiger partial charge on any atom is 0.0854 e. The first-order valence-electron chi connectivity index (χ1n) is 5.81. The summed E-state index contributed by atoms with van der Waals surface area (Å²) in [6.45, 7) is 0. The second-order valence-corrected chi connectivity index (χ2v) is 4.85. The van der Waals surface area contributed by atoms with Gasteiger partial charge in [-0.1, -0.05) is 59.6 Å². The molecule has 19 heavy (non-hydrogen) atoms. The van der Waals surface area contributed by atoms with Gasteiger partial charge >= 0.3 is 0 Å². The van der Waals surface area contributed by atoms with E-state index in [9.17, 15) is 0 Å². The van der Waals surface area contributed by atoms with Gasteiger partial charge in [0.05, 0.1) is 27.6 Å². The van der Waals surface area contributed by atoms with E-state index in [1.807, 2.05) is 48.5 Å². The third-order valence-corrected chi connectivity index (χ3v) is 3.68. The molecule has 0 bridgehead atoms. The van der Waals surface area contributed by atoms with Crippen molar-refractivity contribution in [3.63, 3.8) is 0 Å². The molecule has 1 heterocycles. The number of rotatable bonds is 2. The van der Waals surface area contributed by atoms with Crippen LogP contribution in [0.5, 0.6) is 0 Å². The Balaban J connectivity index is 2.18. The summed E-state index contributed by atoms with van der Waals surface area (Å²) in [5.74, 6) is 0. The zero-order valence-corrected chi connectivity index (χ0v) is 11.4. The van der Waals surface area contributed by atoms with Gasteiger partial charge in [0, 0.05) is 5.56 Å². The van der Waals surface area contributed by atoms with Crippen LogP contribution in [-0.4, -0.2) is 9.78 Å². The van der Waals surface area contributed by atoms with Crippen LogP contribution in [0.15, 0.2) is 60.8 Å². The molecule has 0 fully saturated rings. The van der Waals surface area contributed by atoms with Crippen molar-refractivity contribution in [2.45, 2.75) is 0 Å². The Morgan fingerprint density at radius 1 is 0.842 bits per heavy atom. The molecule has 0 radical (unpaired) electrons. The Kier molecular flexibility index (Phi) is 3.28. The van der Waals surface area contributed by atoms with Gasteiger partial charge in [0.25, 0.3) is 0 Å². The third kappa shape index (κ3) is 2.25. The molecule has 2 aromatic carbocycles. The molecule has 0 amide bonds. The molecule has 0 unspecified atom stereocenters. The van der Waals surface area contributed by atoms with Gasteiger partial charge in [0.2, 0.25) is 0 Å². The van der Waals surface area contributed by atoms with E-state index in [0.29, 0.717) is 10.0 Å². The molecule has 0 aliphatic carbocycles. The van der Waals surface area contributed by atoms with Gasteiger partial charge in [-0.15, -0.1) is 0 Å². The van der Waals surface area contributed by atoms with Crippen LogP contribution in [0.4, 0.5) is 0 Å². The fourth-order valence-corrected chi connectivity index (χ4v) is 2.35. The highest BCUT2D eigenvalue weighted by atomic mass is 35.5. The van der Waals surface area contributed by atoms with Gasteiger partial charge in [-0.25, -0.2) is 4.68 Å². The molecule has 94 valence electrons. The van der Waals surface area contributed by atoms with Crippen LogP contribution < -0.4 is 0 Å². The fourth-order valence-electron chi connectivity index (χ4n) is 1.98. The van der Waals surface area contributed by atoms with E-state index in [2.05, 4.69) is 5.10 Å². The van der Waals surface area contributed by atoms with Crippen LogP contribution in [0.25, 0.3) is 16.9 Å². The van der Waals surface area contributed by atoms with Crippen LogP contribution in [0, 0.1) is 0 Å². The van der Waals surface area contributed by atoms with Gasteiger partial charge in [-0.05, 0) is 18.2 Å². The van der Waals surface area contributed by atoms with Crippen LogP contribution in [0.2, 0.25) is 10.0 Å². The molecule has 0 saturated heterocycles. The maximum absolute atomic E-state index is 6.25. The molecule has 4 heteroatoms. The Labute approximate surface area is 121 Å². The van der Waals surface area contributed by atoms with Crippen LogP contribution in [0.1, 0.15) is 0 Å². The number of hydrogen-bond acceptors (Lipinski definition) is 1. The lowest BCUT2D eigenvalue weighted by atomic mass is 10.1. The van der Waals surface area contributed by atoms with E-state index < -0.39 is 0 Å². The molecule has 0 atom stereocenters. The standard InChI is InChI=1S/C15H10Cl2N2/c16-12-7-4-8-14(15(12)17)19-13(9-10-18-19)11-5-2-1-3-6-11/h1-10H. The van der Waals surface area contributed by atoms with E-state index in [1.165, 1.54) is 0 Å². The minimum absolute atomic E-state index is 0.505. The molecule has 0 N–H and O–H groups in total. The first-order valence-corrected chi connectivity index (χ1v) is 6.57. The Hall–Kier alpha value is -1.77. The molecule has 3 aromatic rings. The largest absolute Gasteiger partial charge is 0.232 e. The van der Waals surface area contributed by atoms with Crippen LogP contribution in [-0.2, 0) is 0 Å². The SMILES string of the molecule is Clc1cccc(-n2nccc2-c2ccccc2)c1Cl. The number of benzene rings is 2. The second kappa shape index (κ2) is 5.08. The third-order valence-electron chi connectivity index (χ3n) is 2.87. The van der Waals surface area contributed by atoms with Crippen molar-refractivity contribution in [3.05, 3.63) is 70.8 Å². The summed E-state index contributed by atoms with van der Waals surface area (Å²) in [6.07, 6.45) is 1.75. The van der Waals surface area contributed by atoms with Gasteiger partial charge in [-0.3, -0.25) is 0 Å². The number of aromatic nitrogens is 2. The minimum atomic E-state index is 0.505. The summed E-state index contributed by atoms with van der Waals surface area (Å²) in [4.78, 5) is 0. The predicted octanol–water partition coefficient (Wildman–Crippen LogP) is 4.85. The normalized spacial score (nSPS) is 10.6. The van der Waals surface area contributed by atoms with E-state index >= 15 is 0 Å². The second-order valence-electron chi connectivity index (χ2n) is 4.07. The fraction of sp³-hybridized carbons (Fsp3) is 0. The highest BCUT2D eigenvalue weighted by Gasteiger charge is 2.11. The van der Waals surface area contributed by atoms with E-state index in [1.54, 1.807) is 16.9 Å². The molecule has 0 aliphatic heterocycles. The summed E-state index contributed by atoms with van der Waals surface area (Å²) < 4.78 is 1.80. The minimum Gasteiger partial charge on any atom is -0.232 e. The Morgan fingerprint density at radius 3 is 2.42 bits per heavy atom. The topological polar surface area (TPSA) is 17.8 Å². The lowest BCUT2D eigenvalue weighted by molar-refractivity contribution is 0.888. The van der Waals surface area contributed by atoms with Crippen LogP contribution >= 0.6 is 23.2 Å². The average Bonchev–Trinajstić information content (AvgIpc) is 2.92. The van der Waals surface area contributed by atoms with E-state index in [0.717, 1.165) is 16.9 Å². The monoisotopic (exact) mass is 288 g/mol. The summed E-state index contributed by atoms with van der Waals surface area (Å²) in [6, 6.07) is 17.5. The number of halogens is 2. The first-order chi connectivity index (χ1) is 9.27. The summed E-state index contributed by atoms with van der Waals surface area (Å²) >= 11 is 12.3. The van der Waals surface area contributed by atoms with E-state index in [-0.39, 0.29) is 0 Å². The lowest BCUT2D eigenvalue weighted by Crippen LogP contribution is -1.99. The molecule has 3 rings (SSSR count). The molecule has 0 spiro atoms. The van der Waals surface area contributed by atoms with Crippen molar-refractivity contribution in [3.8, 4) is 16.9 Å². The van der Waals surface area contributed by atoms with Gasteiger partial charge in [-0.2, -0.15) is 5.10 Å². The molecule has 1 aromatic heterocycles. The van der Waals surface area contributed by atoms with Crippen molar-refractivity contribution in [1.29, 1.82) is 0 Å². The summed E-state index contributed by atoms with van der Waals surface area (Å²) in [5.41, 5.74) is 2.83. The van der Waals surface area contributed by atoms with E-state index in [4.69, 9.17) is 23.2 Å². The Morgan fingerprint density at radius 2 is 1.63 bits per heavy atom. The molecular formula is C15H10Cl2N2. The zero-order chi connectivity index (χ0) is 13.2. The van der Waals surface area contributed by atoms with Crippen molar-refractivity contribution in [1.82, 2.24) is 9.78 Å². The highest BCUT2D eigenvalue weighted by molar-refractivity contribution is 6.43. The van der Waals surface area contributed by atoms with Gasteiger partial charge in [0.1, 0.15) is 0 Å². The first kappa shape index (κ1) is 12.3. The predicted molar refractivity (Wildman–Crippen MR) is 79.0 cm³/mol. The van der Waals surface area contributed by atoms with Crippen molar-refractivity contribution in [2.75, 3.05) is 0 Å². The van der Waals surface area contributed by atoms with Crippen LogP contribution in [0.3, 0.4) is 0 Å². The van der Waals surface area contributed by atoms with Gasteiger partial charge < -0.3 is 0 Å². The maximum atomic E-state index is 6.25. The molecule has 2 nitrogen and oxygen atoms in total. The zero-order valence-electron chi connectivity index (χ0n) is 9.92. The number of nitrogens with zero attached hydrogens (tertiary/aromatic N) is 2. The summed E-state index contributed by atoms with van der Waals surface area (Å²) in [5, 5.41) is 5.36. The molecule has 0 aliphatic rings. The smallest absolute Gasteiger partial charge is 0.0854 e. The lowest BCUT2D eigenvalue weighted by Gasteiger charge is -2.10. The van der Waals surface area contributed by atoms with Crippen molar-refractivity contribution in [2.24, 2.45) is 0 Å². The quantitative estimate of drug-likeness (QED) is 0.659. The highest BCUT2D eigenvalue weighted by Crippen LogP contribution is 2.31. The molecule has 0 saturated carbocycles. The number of hydrogen-bond donors (Lipinski definition) is 0.